The van der Waals surface area contributed by atoms with E-state index in [0.717, 1.165) is 56.6 Å². The molecule has 0 atom stereocenters. The first kappa shape index (κ1) is 18.8. The maximum atomic E-state index is 6.64. The van der Waals surface area contributed by atoms with Crippen LogP contribution in [0, 0.1) is 0 Å². The molecule has 0 N–H and O–H groups in total. The van der Waals surface area contributed by atoms with Crippen molar-refractivity contribution < 1.29 is 8.83 Å². The Morgan fingerprint density at radius 1 is 0.543 bits per heavy atom. The van der Waals surface area contributed by atoms with Crippen molar-refractivity contribution in [2.75, 3.05) is 0 Å². The molecule has 7 aromatic rings. The summed E-state index contributed by atoms with van der Waals surface area (Å²) in [7, 11) is 0. The van der Waals surface area contributed by atoms with E-state index in [-0.39, 0.29) is 0 Å². The van der Waals surface area contributed by atoms with Crippen LogP contribution < -0.4 is 0 Å². The second-order valence-electron chi connectivity index (χ2n) is 9.25. The molecule has 0 saturated heterocycles. The third kappa shape index (κ3) is 2.65. The quantitative estimate of drug-likeness (QED) is 0.234. The van der Waals surface area contributed by atoms with E-state index < -0.39 is 0 Å². The summed E-state index contributed by atoms with van der Waals surface area (Å²) in [4.78, 5) is 0. The molecule has 0 aliphatic heterocycles. The molecule has 0 radical (unpaired) electrons. The van der Waals surface area contributed by atoms with Crippen molar-refractivity contribution in [2.45, 2.75) is 6.42 Å². The Morgan fingerprint density at radius 2 is 1.26 bits per heavy atom. The third-order valence-electron chi connectivity index (χ3n) is 7.27. The summed E-state index contributed by atoms with van der Waals surface area (Å²) in [5.41, 5.74) is 6.41. The third-order valence-corrected chi connectivity index (χ3v) is 7.27. The molecular weight excluding hydrogens is 428 g/mol. The predicted octanol–water partition coefficient (Wildman–Crippen LogP) is 9.39. The normalized spacial score (nSPS) is 12.9. The van der Waals surface area contributed by atoms with Gasteiger partial charge in [-0.2, -0.15) is 0 Å². The van der Waals surface area contributed by atoms with Gasteiger partial charge in [-0.15, -0.1) is 0 Å². The minimum atomic E-state index is 0.760. The molecule has 0 saturated carbocycles. The summed E-state index contributed by atoms with van der Waals surface area (Å²) in [6, 6.07) is 34.4. The van der Waals surface area contributed by atoms with Crippen LogP contribution in [-0.2, 0) is 6.42 Å². The molecule has 35 heavy (non-hydrogen) atoms. The van der Waals surface area contributed by atoms with E-state index in [2.05, 4.69) is 97.1 Å². The number of benzene rings is 5. The lowest BCUT2D eigenvalue weighted by atomic mass is 9.91. The Labute approximate surface area is 201 Å². The van der Waals surface area contributed by atoms with Crippen LogP contribution in [-0.4, -0.2) is 0 Å². The van der Waals surface area contributed by atoms with E-state index in [9.17, 15) is 0 Å². The van der Waals surface area contributed by atoms with Gasteiger partial charge in [-0.25, -0.2) is 0 Å². The van der Waals surface area contributed by atoms with Crippen molar-refractivity contribution in [1.29, 1.82) is 0 Å². The molecule has 5 aromatic carbocycles. The number of rotatable bonds is 1. The van der Waals surface area contributed by atoms with Gasteiger partial charge >= 0.3 is 0 Å². The largest absolute Gasteiger partial charge is 0.460 e. The van der Waals surface area contributed by atoms with Crippen LogP contribution in [0.2, 0.25) is 0 Å². The van der Waals surface area contributed by atoms with E-state index in [1.54, 1.807) is 0 Å². The van der Waals surface area contributed by atoms with Crippen LogP contribution in [0.3, 0.4) is 0 Å². The summed E-state index contributed by atoms with van der Waals surface area (Å²) in [6.07, 6.45) is 5.11. The fraction of sp³-hybridized carbons (Fsp3) is 0.0303. The number of allylic oxidation sites excluding steroid dienone is 1. The fourth-order valence-electron chi connectivity index (χ4n) is 5.72. The second-order valence-corrected chi connectivity index (χ2v) is 9.25. The van der Waals surface area contributed by atoms with Crippen LogP contribution in [0.5, 0.6) is 0 Å². The van der Waals surface area contributed by atoms with Gasteiger partial charge in [-0.05, 0) is 56.9 Å². The minimum absolute atomic E-state index is 0.760. The summed E-state index contributed by atoms with van der Waals surface area (Å²) in [5, 5.41) is 7.22. The fourth-order valence-corrected chi connectivity index (χ4v) is 5.72. The monoisotopic (exact) mass is 448 g/mol. The maximum Gasteiger partial charge on any atom is 0.146 e. The average Bonchev–Trinajstić information content (AvgIpc) is 3.39. The molecular formula is C33H20O2. The highest BCUT2D eigenvalue weighted by atomic mass is 16.4. The van der Waals surface area contributed by atoms with Crippen molar-refractivity contribution in [2.24, 2.45) is 0 Å². The number of fused-ring (bicyclic) bond motifs is 9. The minimum Gasteiger partial charge on any atom is -0.460 e. The van der Waals surface area contributed by atoms with Gasteiger partial charge in [0.2, 0.25) is 0 Å². The van der Waals surface area contributed by atoms with Crippen LogP contribution in [0.1, 0.15) is 11.3 Å². The summed E-state index contributed by atoms with van der Waals surface area (Å²) in [5.74, 6) is 1.86. The second kappa shape index (κ2) is 6.97. The molecule has 164 valence electrons. The van der Waals surface area contributed by atoms with Crippen LogP contribution >= 0.6 is 0 Å². The SMILES string of the molecule is C1=Cc2c(oc3cc(-c4c5ccccc5cc5ccccc45)ccc23)-c2c(oc3ccccc23)C1. The van der Waals surface area contributed by atoms with Gasteiger partial charge in [-0.3, -0.25) is 0 Å². The molecule has 2 heterocycles. The molecule has 0 fully saturated rings. The molecule has 0 spiro atoms. The van der Waals surface area contributed by atoms with E-state index in [1.807, 2.05) is 12.1 Å². The van der Waals surface area contributed by atoms with Gasteiger partial charge in [0.25, 0.3) is 0 Å². The average molecular weight is 449 g/mol. The van der Waals surface area contributed by atoms with Crippen molar-refractivity contribution in [3.05, 3.63) is 114 Å². The van der Waals surface area contributed by atoms with Gasteiger partial charge in [0.1, 0.15) is 22.7 Å². The summed E-state index contributed by atoms with van der Waals surface area (Å²) >= 11 is 0. The lowest BCUT2D eigenvalue weighted by molar-refractivity contribution is 0.562. The van der Waals surface area contributed by atoms with E-state index in [4.69, 9.17) is 8.83 Å². The molecule has 0 unspecified atom stereocenters. The molecule has 1 aliphatic rings. The van der Waals surface area contributed by atoms with Crippen LogP contribution in [0.15, 0.2) is 112 Å². The van der Waals surface area contributed by atoms with Crippen LogP contribution in [0.4, 0.5) is 0 Å². The van der Waals surface area contributed by atoms with Gasteiger partial charge in [0, 0.05) is 22.8 Å². The molecule has 1 aliphatic carbocycles. The van der Waals surface area contributed by atoms with Gasteiger partial charge in [-0.1, -0.05) is 84.9 Å². The highest BCUT2D eigenvalue weighted by molar-refractivity contribution is 6.13. The Hall–Kier alpha value is -4.56. The highest BCUT2D eigenvalue weighted by Crippen LogP contribution is 2.45. The Bertz CT molecular complexity index is 1930. The van der Waals surface area contributed by atoms with Crippen molar-refractivity contribution in [3.63, 3.8) is 0 Å². The Kier molecular flexibility index (Phi) is 3.75. The maximum absolute atomic E-state index is 6.64. The number of hydrogen-bond donors (Lipinski definition) is 0. The van der Waals surface area contributed by atoms with Crippen molar-refractivity contribution in [3.8, 4) is 22.5 Å². The first-order chi connectivity index (χ1) is 17.3. The smallest absolute Gasteiger partial charge is 0.146 e. The molecule has 8 rings (SSSR count). The first-order valence-corrected chi connectivity index (χ1v) is 12.0. The number of furan rings is 2. The zero-order valence-electron chi connectivity index (χ0n) is 18.9. The number of hydrogen-bond acceptors (Lipinski definition) is 2. The van der Waals surface area contributed by atoms with E-state index >= 15 is 0 Å². The standard InChI is InChI=1S/C33H20O2/c1-3-10-23-20(8-1)18-21-9-2-4-11-24(21)31(23)22-16-17-25-26-13-7-15-29-32(33(26)35-30(25)19-22)27-12-5-6-14-28(27)34-29/h1-14,16-19H,15H2. The number of para-hydroxylation sites is 1. The van der Waals surface area contributed by atoms with Crippen LogP contribution in [0.25, 0.3) is 72.0 Å². The van der Waals surface area contributed by atoms with Crippen molar-refractivity contribution in [1.82, 2.24) is 0 Å². The molecule has 0 amide bonds. The highest BCUT2D eigenvalue weighted by Gasteiger charge is 2.24. The first-order valence-electron chi connectivity index (χ1n) is 12.0. The molecule has 2 nitrogen and oxygen atoms in total. The van der Waals surface area contributed by atoms with E-state index in [0.29, 0.717) is 0 Å². The summed E-state index contributed by atoms with van der Waals surface area (Å²) in [6.45, 7) is 0. The van der Waals surface area contributed by atoms with Crippen molar-refractivity contribution >= 4 is 49.6 Å². The van der Waals surface area contributed by atoms with Gasteiger partial charge in [0.05, 0.1) is 5.56 Å². The van der Waals surface area contributed by atoms with Gasteiger partial charge < -0.3 is 8.83 Å². The molecule has 2 aromatic heterocycles. The zero-order chi connectivity index (χ0) is 22.9. The van der Waals surface area contributed by atoms with E-state index in [1.165, 1.54) is 27.1 Å². The lowest BCUT2D eigenvalue weighted by Gasteiger charge is -2.12. The summed E-state index contributed by atoms with van der Waals surface area (Å²) < 4.78 is 12.8. The Morgan fingerprint density at radius 3 is 2.06 bits per heavy atom. The predicted molar refractivity (Wildman–Crippen MR) is 145 cm³/mol. The zero-order valence-corrected chi connectivity index (χ0v) is 18.9. The van der Waals surface area contributed by atoms with Gasteiger partial charge in [0.15, 0.2) is 0 Å². The lowest BCUT2D eigenvalue weighted by Crippen LogP contribution is -1.85. The molecule has 2 heteroatoms. The Balaban J connectivity index is 1.43. The molecule has 0 bridgehead atoms. The topological polar surface area (TPSA) is 26.3 Å².